The molecule has 0 amide bonds. The fourth-order valence-electron chi connectivity index (χ4n) is 1.23. The molecule has 11 heavy (non-hydrogen) atoms. The molecule has 0 bridgehead atoms. The molecule has 0 aliphatic carbocycles. The van der Waals surface area contributed by atoms with E-state index in [-0.39, 0.29) is 0 Å². The highest BCUT2D eigenvalue weighted by molar-refractivity contribution is 7.71. The highest BCUT2D eigenvalue weighted by Crippen LogP contribution is 2.20. The highest BCUT2D eigenvalue weighted by Gasteiger charge is 2.19. The number of aromatic amines is 2. The minimum atomic E-state index is 0.406. The minimum Gasteiger partial charge on any atom is -0.381 e. The van der Waals surface area contributed by atoms with Crippen LogP contribution in [0.1, 0.15) is 18.2 Å². The van der Waals surface area contributed by atoms with Crippen LogP contribution in [0.25, 0.3) is 0 Å². The monoisotopic (exact) mass is 171 g/mol. The summed E-state index contributed by atoms with van der Waals surface area (Å²) in [5, 5.41) is 6.73. The van der Waals surface area contributed by atoms with Crippen LogP contribution in [-0.4, -0.2) is 28.4 Å². The predicted octanol–water partition coefficient (Wildman–Crippen LogP) is 0.971. The average molecular weight is 171 g/mol. The van der Waals surface area contributed by atoms with Gasteiger partial charge in [-0.1, -0.05) is 0 Å². The number of ether oxygens (including phenoxy) is 1. The third kappa shape index (κ3) is 1.34. The van der Waals surface area contributed by atoms with Crippen LogP contribution in [0, 0.1) is 4.77 Å². The van der Waals surface area contributed by atoms with Crippen molar-refractivity contribution in [2.45, 2.75) is 12.3 Å². The molecule has 1 fully saturated rings. The molecule has 4 nitrogen and oxygen atoms in total. The van der Waals surface area contributed by atoms with Crippen molar-refractivity contribution in [1.29, 1.82) is 0 Å². The van der Waals surface area contributed by atoms with Crippen LogP contribution in [0.3, 0.4) is 0 Å². The van der Waals surface area contributed by atoms with Crippen LogP contribution < -0.4 is 0 Å². The van der Waals surface area contributed by atoms with Crippen molar-refractivity contribution < 1.29 is 4.74 Å². The van der Waals surface area contributed by atoms with Crippen LogP contribution in [0.15, 0.2) is 0 Å². The molecule has 1 unspecified atom stereocenters. The first-order valence-electron chi connectivity index (χ1n) is 3.58. The lowest BCUT2D eigenvalue weighted by molar-refractivity contribution is 0.193. The fourth-order valence-corrected chi connectivity index (χ4v) is 1.38. The molecule has 1 saturated heterocycles. The van der Waals surface area contributed by atoms with Gasteiger partial charge >= 0.3 is 0 Å². The van der Waals surface area contributed by atoms with Gasteiger partial charge in [0.25, 0.3) is 0 Å². The van der Waals surface area contributed by atoms with E-state index < -0.39 is 0 Å². The van der Waals surface area contributed by atoms with E-state index in [0.29, 0.717) is 10.7 Å². The van der Waals surface area contributed by atoms with E-state index in [4.69, 9.17) is 17.0 Å². The van der Waals surface area contributed by atoms with Crippen molar-refractivity contribution in [3.8, 4) is 0 Å². The molecule has 1 aromatic rings. The van der Waals surface area contributed by atoms with Gasteiger partial charge in [0.15, 0.2) is 4.77 Å². The molecule has 1 atom stereocenters. The Bertz CT molecular complexity index is 286. The van der Waals surface area contributed by atoms with Gasteiger partial charge in [0.05, 0.1) is 6.61 Å². The number of rotatable bonds is 1. The van der Waals surface area contributed by atoms with Gasteiger partial charge in [-0.2, -0.15) is 5.10 Å². The number of hydrogen-bond donors (Lipinski definition) is 2. The van der Waals surface area contributed by atoms with Crippen LogP contribution in [0.5, 0.6) is 0 Å². The van der Waals surface area contributed by atoms with Crippen molar-refractivity contribution in [3.05, 3.63) is 10.6 Å². The summed E-state index contributed by atoms with van der Waals surface area (Å²) < 4.78 is 5.80. The first-order chi connectivity index (χ1) is 5.36. The molecule has 1 aliphatic heterocycles. The second kappa shape index (κ2) is 2.75. The third-order valence-electron chi connectivity index (χ3n) is 1.84. The summed E-state index contributed by atoms with van der Waals surface area (Å²) in [6, 6.07) is 0. The van der Waals surface area contributed by atoms with Gasteiger partial charge in [0, 0.05) is 12.5 Å². The Morgan fingerprint density at radius 2 is 2.55 bits per heavy atom. The lowest BCUT2D eigenvalue weighted by atomic mass is 10.1. The van der Waals surface area contributed by atoms with E-state index in [2.05, 4.69) is 15.2 Å². The van der Waals surface area contributed by atoms with Gasteiger partial charge in [-0.05, 0) is 18.6 Å². The largest absolute Gasteiger partial charge is 0.381 e. The number of nitrogens with zero attached hydrogens (tertiary/aromatic N) is 1. The summed E-state index contributed by atoms with van der Waals surface area (Å²) in [4.78, 5) is 2.99. The van der Waals surface area contributed by atoms with Gasteiger partial charge in [0.2, 0.25) is 0 Å². The fraction of sp³-hybridized carbons (Fsp3) is 0.667. The van der Waals surface area contributed by atoms with Crippen molar-refractivity contribution in [2.75, 3.05) is 13.2 Å². The first kappa shape index (κ1) is 7.00. The molecule has 0 spiro atoms. The van der Waals surface area contributed by atoms with E-state index >= 15 is 0 Å². The molecule has 1 aliphatic rings. The number of nitrogens with one attached hydrogen (secondary N) is 2. The molecule has 0 aromatic carbocycles. The van der Waals surface area contributed by atoms with E-state index in [1.54, 1.807) is 0 Å². The van der Waals surface area contributed by atoms with E-state index in [9.17, 15) is 0 Å². The van der Waals surface area contributed by atoms with Crippen molar-refractivity contribution in [3.63, 3.8) is 0 Å². The zero-order chi connectivity index (χ0) is 7.68. The number of hydrogen-bond acceptors (Lipinski definition) is 3. The Morgan fingerprint density at radius 1 is 1.64 bits per heavy atom. The van der Waals surface area contributed by atoms with Crippen molar-refractivity contribution in [1.82, 2.24) is 15.2 Å². The van der Waals surface area contributed by atoms with Gasteiger partial charge in [-0.25, -0.2) is 0 Å². The molecule has 60 valence electrons. The van der Waals surface area contributed by atoms with Crippen LogP contribution in [0.2, 0.25) is 0 Å². The smallest absolute Gasteiger partial charge is 0.192 e. The Balaban J connectivity index is 2.21. The van der Waals surface area contributed by atoms with Gasteiger partial charge in [-0.15, -0.1) is 0 Å². The molecule has 0 radical (unpaired) electrons. The first-order valence-corrected chi connectivity index (χ1v) is 3.99. The molecule has 5 heteroatoms. The molecule has 2 N–H and O–H groups in total. The summed E-state index contributed by atoms with van der Waals surface area (Å²) >= 11 is 4.85. The van der Waals surface area contributed by atoms with Gasteiger partial charge in [-0.3, -0.25) is 5.10 Å². The van der Waals surface area contributed by atoms with Crippen molar-refractivity contribution >= 4 is 12.2 Å². The van der Waals surface area contributed by atoms with Gasteiger partial charge < -0.3 is 9.72 Å². The molecule has 0 saturated carbocycles. The summed E-state index contributed by atoms with van der Waals surface area (Å²) in [7, 11) is 0. The topological polar surface area (TPSA) is 53.7 Å². The SMILES string of the molecule is S=c1[nH]nc(C2CCOC2)[nH]1. The van der Waals surface area contributed by atoms with Crippen LogP contribution in [-0.2, 0) is 4.74 Å². The summed E-state index contributed by atoms with van der Waals surface area (Å²) in [6.07, 6.45) is 1.04. The lowest BCUT2D eigenvalue weighted by Crippen LogP contribution is -1.99. The second-order valence-electron chi connectivity index (χ2n) is 2.62. The number of aromatic nitrogens is 3. The van der Waals surface area contributed by atoms with Crippen LogP contribution in [0.4, 0.5) is 0 Å². The maximum Gasteiger partial charge on any atom is 0.192 e. The summed E-state index contributed by atoms with van der Waals surface area (Å²) in [6.45, 7) is 1.59. The van der Waals surface area contributed by atoms with E-state index in [1.807, 2.05) is 0 Å². The predicted molar refractivity (Wildman–Crippen MR) is 41.9 cm³/mol. The van der Waals surface area contributed by atoms with E-state index in [1.165, 1.54) is 0 Å². The molecule has 1 aromatic heterocycles. The number of H-pyrrole nitrogens is 2. The maximum absolute atomic E-state index is 5.21. The second-order valence-corrected chi connectivity index (χ2v) is 3.03. The zero-order valence-electron chi connectivity index (χ0n) is 5.96. The highest BCUT2D eigenvalue weighted by atomic mass is 32.1. The third-order valence-corrected chi connectivity index (χ3v) is 2.03. The Kier molecular flexibility index (Phi) is 1.75. The normalized spacial score (nSPS) is 24.2. The van der Waals surface area contributed by atoms with Gasteiger partial charge in [0.1, 0.15) is 5.82 Å². The molecular formula is C6H9N3OS. The summed E-state index contributed by atoms with van der Waals surface area (Å²) in [5.74, 6) is 1.33. The van der Waals surface area contributed by atoms with Crippen LogP contribution >= 0.6 is 12.2 Å². The standard InChI is InChI=1S/C6H9N3OS/c11-6-7-5(8-9-6)4-1-2-10-3-4/h4H,1-3H2,(H2,7,8,9,11). The van der Waals surface area contributed by atoms with Crippen molar-refractivity contribution in [2.24, 2.45) is 0 Å². The lowest BCUT2D eigenvalue weighted by Gasteiger charge is -1.99. The van der Waals surface area contributed by atoms with E-state index in [0.717, 1.165) is 25.5 Å². The minimum absolute atomic E-state index is 0.406. The maximum atomic E-state index is 5.21. The quantitative estimate of drug-likeness (QED) is 0.619. The summed E-state index contributed by atoms with van der Waals surface area (Å²) in [5.41, 5.74) is 0. The average Bonchev–Trinajstić information content (AvgIpc) is 2.55. The Morgan fingerprint density at radius 3 is 3.09 bits per heavy atom. The molecule has 2 rings (SSSR count). The molecule has 2 heterocycles. The zero-order valence-corrected chi connectivity index (χ0v) is 6.78. The Labute approximate surface area is 69.0 Å². The Hall–Kier alpha value is -0.680. The molecular weight excluding hydrogens is 162 g/mol.